The molecule has 2 aliphatic heterocycles. The van der Waals surface area contributed by atoms with E-state index in [4.69, 9.17) is 34.0 Å². The lowest BCUT2D eigenvalue weighted by molar-refractivity contribution is 0.0240. The molecule has 16 nitrogen and oxygen atoms in total. The third-order valence-corrected chi connectivity index (χ3v) is 8.58. The van der Waals surface area contributed by atoms with Crippen LogP contribution in [0, 0.1) is 0 Å². The summed E-state index contributed by atoms with van der Waals surface area (Å²) < 4.78 is 23.9. The normalized spacial score (nSPS) is 15.9. The molecule has 4 aromatic rings. The third-order valence-electron chi connectivity index (χ3n) is 8.58. The Morgan fingerprint density at radius 2 is 1.48 bits per heavy atom. The fraction of sp³-hybridized carbons (Fsp3) is 0.528. The third kappa shape index (κ3) is 8.78. The molecule has 1 aromatic carbocycles. The summed E-state index contributed by atoms with van der Waals surface area (Å²) in [6.45, 7) is 15.0. The minimum atomic E-state index is -0.683. The first-order chi connectivity index (χ1) is 24.8. The minimum absolute atomic E-state index is 0.0125. The summed E-state index contributed by atoms with van der Waals surface area (Å²) in [6.07, 6.45) is 4.24. The van der Waals surface area contributed by atoms with Gasteiger partial charge in [0.2, 0.25) is 0 Å². The highest BCUT2D eigenvalue weighted by molar-refractivity contribution is 5.96. The minimum Gasteiger partial charge on any atom is -0.467 e. The van der Waals surface area contributed by atoms with Crippen molar-refractivity contribution in [1.82, 2.24) is 34.8 Å². The maximum atomic E-state index is 12.8. The van der Waals surface area contributed by atoms with Crippen LogP contribution in [0.2, 0.25) is 0 Å². The van der Waals surface area contributed by atoms with Crippen LogP contribution in [0.15, 0.2) is 42.7 Å². The molecule has 0 bridgehead atoms. The lowest BCUT2D eigenvalue weighted by Gasteiger charge is -2.36. The molecule has 0 spiro atoms. The number of ether oxygens (including phenoxy) is 4. The fourth-order valence-corrected chi connectivity index (χ4v) is 6.18. The van der Waals surface area contributed by atoms with Gasteiger partial charge in [-0.15, -0.1) is 10.2 Å². The van der Waals surface area contributed by atoms with Crippen molar-refractivity contribution in [3.8, 4) is 17.0 Å². The van der Waals surface area contributed by atoms with Crippen LogP contribution < -0.4 is 19.9 Å². The van der Waals surface area contributed by atoms with Gasteiger partial charge in [0.05, 0.1) is 29.6 Å². The van der Waals surface area contributed by atoms with E-state index in [1.807, 2.05) is 62.0 Å². The highest BCUT2D eigenvalue weighted by Gasteiger charge is 2.29. The number of amides is 2. The van der Waals surface area contributed by atoms with Crippen molar-refractivity contribution < 1.29 is 28.5 Å². The van der Waals surface area contributed by atoms with E-state index in [2.05, 4.69) is 25.3 Å². The van der Waals surface area contributed by atoms with Crippen LogP contribution in [-0.4, -0.2) is 111 Å². The predicted molar refractivity (Wildman–Crippen MR) is 196 cm³/mol. The zero-order valence-corrected chi connectivity index (χ0v) is 31.0. The van der Waals surface area contributed by atoms with Gasteiger partial charge in [0.1, 0.15) is 28.6 Å². The van der Waals surface area contributed by atoms with Crippen molar-refractivity contribution in [3.63, 3.8) is 0 Å². The average Bonchev–Trinajstić information content (AvgIpc) is 3.46. The van der Waals surface area contributed by atoms with Crippen molar-refractivity contribution in [1.29, 1.82) is 0 Å². The number of nitrogens with one attached hydrogen (secondary N) is 1. The van der Waals surface area contributed by atoms with E-state index >= 15 is 0 Å². The zero-order valence-electron chi connectivity index (χ0n) is 31.0. The number of carbonyl (C=O) groups excluding carboxylic acids is 2. The Labute approximate surface area is 303 Å². The van der Waals surface area contributed by atoms with Gasteiger partial charge in [-0.25, -0.2) is 19.6 Å². The summed E-state index contributed by atoms with van der Waals surface area (Å²) in [5, 5.41) is 16.7. The molecule has 2 aliphatic rings. The number of para-hydroxylation sites is 1. The first-order valence-corrected chi connectivity index (χ1v) is 17.5. The quantitative estimate of drug-likeness (QED) is 0.227. The van der Waals surface area contributed by atoms with Gasteiger partial charge in [0, 0.05) is 51.9 Å². The highest BCUT2D eigenvalue weighted by Crippen LogP contribution is 2.35. The Bertz CT molecular complexity index is 1850. The van der Waals surface area contributed by atoms with Crippen molar-refractivity contribution >= 4 is 40.7 Å². The number of hydrogen-bond donors (Lipinski definition) is 1. The second-order valence-electron chi connectivity index (χ2n) is 14.8. The number of fused-ring (bicyclic) bond motifs is 1. The number of hydrogen-bond acceptors (Lipinski definition) is 13. The monoisotopic (exact) mass is 716 g/mol. The van der Waals surface area contributed by atoms with Crippen LogP contribution in [-0.2, 0) is 14.2 Å². The molecule has 0 aliphatic carbocycles. The summed E-state index contributed by atoms with van der Waals surface area (Å²) >= 11 is 0. The molecule has 2 fully saturated rings. The van der Waals surface area contributed by atoms with Crippen LogP contribution in [0.4, 0.5) is 27.0 Å². The van der Waals surface area contributed by atoms with Gasteiger partial charge < -0.3 is 33.6 Å². The molecule has 0 saturated carbocycles. The topological polar surface area (TPSA) is 162 Å². The number of benzene rings is 1. The molecule has 0 radical (unpaired) electrons. The fourth-order valence-electron chi connectivity index (χ4n) is 6.18. The van der Waals surface area contributed by atoms with E-state index in [0.29, 0.717) is 43.1 Å². The van der Waals surface area contributed by atoms with Gasteiger partial charge >= 0.3 is 12.2 Å². The second kappa shape index (κ2) is 15.2. The van der Waals surface area contributed by atoms with E-state index in [-0.39, 0.29) is 24.7 Å². The Morgan fingerprint density at radius 3 is 2.10 bits per heavy atom. The molecular formula is C36H48N10O6. The molecule has 6 rings (SSSR count). The van der Waals surface area contributed by atoms with Gasteiger partial charge in [-0.05, 0) is 72.6 Å². The van der Waals surface area contributed by atoms with E-state index in [1.54, 1.807) is 39.0 Å². The molecule has 2 saturated heterocycles. The Hall–Kier alpha value is -5.25. The largest absolute Gasteiger partial charge is 0.467 e. The van der Waals surface area contributed by atoms with Crippen molar-refractivity contribution in [2.45, 2.75) is 71.6 Å². The standard InChI is InChI=1S/C36H48N10O6/c1-35(2,3)51-33(47)39-32-31-27(20-26(40-41-31)25-10-8-9-11-28(25)50-23-49-7)46(42-32)24-12-14-43(15-13-24)29-21-38-30(22-37-29)44-16-18-45(19-17-44)34(48)52-36(4,5)6/h8-11,20-22,24H,12-19,23H2,1-7H3,(H,39,42,47). The molecule has 2 amide bonds. The molecule has 0 unspecified atom stereocenters. The first kappa shape index (κ1) is 36.5. The Balaban J connectivity index is 1.16. The van der Waals surface area contributed by atoms with Crippen molar-refractivity contribution in [2.24, 2.45) is 0 Å². The lowest BCUT2D eigenvalue weighted by Crippen LogP contribution is -2.50. The van der Waals surface area contributed by atoms with Crippen molar-refractivity contribution in [3.05, 3.63) is 42.7 Å². The van der Waals surface area contributed by atoms with Crippen molar-refractivity contribution in [2.75, 3.05) is 68.3 Å². The van der Waals surface area contributed by atoms with Gasteiger partial charge in [-0.2, -0.15) is 5.10 Å². The first-order valence-electron chi connectivity index (χ1n) is 17.5. The van der Waals surface area contributed by atoms with Gasteiger partial charge in [0.25, 0.3) is 0 Å². The molecule has 52 heavy (non-hydrogen) atoms. The van der Waals surface area contributed by atoms with Crippen LogP contribution in [0.1, 0.15) is 60.4 Å². The Morgan fingerprint density at radius 1 is 0.846 bits per heavy atom. The average molecular weight is 717 g/mol. The molecule has 3 aromatic heterocycles. The van der Waals surface area contributed by atoms with Gasteiger partial charge in [-0.3, -0.25) is 10.00 Å². The number of methoxy groups -OCH3 is 1. The van der Waals surface area contributed by atoms with E-state index in [9.17, 15) is 9.59 Å². The maximum Gasteiger partial charge on any atom is 0.413 e. The zero-order chi connectivity index (χ0) is 37.0. The van der Waals surface area contributed by atoms with E-state index in [0.717, 1.165) is 48.6 Å². The lowest BCUT2D eigenvalue weighted by atomic mass is 10.0. The smallest absolute Gasteiger partial charge is 0.413 e. The highest BCUT2D eigenvalue weighted by atomic mass is 16.7. The summed E-state index contributed by atoms with van der Waals surface area (Å²) in [5.41, 5.74) is 1.34. The predicted octanol–water partition coefficient (Wildman–Crippen LogP) is 5.51. The Kier molecular flexibility index (Phi) is 10.6. The molecule has 16 heteroatoms. The van der Waals surface area contributed by atoms with E-state index in [1.165, 1.54) is 0 Å². The number of rotatable bonds is 8. The molecule has 5 heterocycles. The van der Waals surface area contributed by atoms with Crippen LogP contribution >= 0.6 is 0 Å². The van der Waals surface area contributed by atoms with Crippen LogP contribution in [0.5, 0.6) is 5.75 Å². The SMILES string of the molecule is COCOc1ccccc1-c1cc2c(nn1)c(NC(=O)OC(C)(C)C)nn2C1CCN(c2cnc(N3CCN(C(=O)OC(C)(C)C)CC3)cn2)CC1. The molecule has 0 atom stereocenters. The number of nitrogens with zero attached hydrogens (tertiary/aromatic N) is 9. The number of piperidine rings is 1. The summed E-state index contributed by atoms with van der Waals surface area (Å²) in [4.78, 5) is 40.8. The van der Waals surface area contributed by atoms with Gasteiger partial charge in [0.15, 0.2) is 18.1 Å². The van der Waals surface area contributed by atoms with Crippen LogP contribution in [0.3, 0.4) is 0 Å². The number of aromatic nitrogens is 6. The second-order valence-corrected chi connectivity index (χ2v) is 14.8. The number of carbonyl (C=O) groups is 2. The summed E-state index contributed by atoms with van der Waals surface area (Å²) in [5.74, 6) is 2.47. The van der Waals surface area contributed by atoms with Crippen LogP contribution in [0.25, 0.3) is 22.3 Å². The number of piperazine rings is 1. The molecule has 278 valence electrons. The molecule has 1 N–H and O–H groups in total. The van der Waals surface area contributed by atoms with Gasteiger partial charge in [-0.1, -0.05) is 12.1 Å². The van der Waals surface area contributed by atoms with E-state index < -0.39 is 17.3 Å². The molecular weight excluding hydrogens is 668 g/mol. The summed E-state index contributed by atoms with van der Waals surface area (Å²) in [6, 6.07) is 9.49. The maximum absolute atomic E-state index is 12.8. The summed E-state index contributed by atoms with van der Waals surface area (Å²) in [7, 11) is 1.57. The number of anilines is 3.